The minimum absolute atomic E-state index is 0.0613. The highest BCUT2D eigenvalue weighted by atomic mass is 16.5. The van der Waals surface area contributed by atoms with E-state index >= 15 is 0 Å². The summed E-state index contributed by atoms with van der Waals surface area (Å²) in [7, 11) is 1.58. The number of benzene rings is 3. The topological polar surface area (TPSA) is 143 Å². The number of amides is 4. The maximum Gasteiger partial charge on any atom is 0.329 e. The molecule has 11 heteroatoms. The Kier molecular flexibility index (Phi) is 13.7. The number of nitrogens with zero attached hydrogens (tertiary/aromatic N) is 1. The Bertz CT molecular complexity index is 1800. The van der Waals surface area contributed by atoms with E-state index in [1.807, 2.05) is 19.1 Å². The van der Waals surface area contributed by atoms with E-state index in [1.165, 1.54) is 0 Å². The fourth-order valence-electron chi connectivity index (χ4n) is 7.03. The zero-order chi connectivity index (χ0) is 39.7. The Morgan fingerprint density at radius 2 is 1.36 bits per heavy atom. The van der Waals surface area contributed by atoms with Crippen molar-refractivity contribution < 1.29 is 33.4 Å². The molecule has 11 nitrogen and oxygen atoms in total. The van der Waals surface area contributed by atoms with Crippen molar-refractivity contribution in [1.82, 2.24) is 20.9 Å². The normalized spacial score (nSPS) is 23.9. The third-order valence-electron chi connectivity index (χ3n) is 10.7. The fraction of sp³-hybridized carbons (Fsp3) is 0.477. The van der Waals surface area contributed by atoms with Gasteiger partial charge in [0.15, 0.2) is 0 Å². The number of carbonyl (C=O) groups excluding carboxylic acids is 5. The predicted molar refractivity (Wildman–Crippen MR) is 210 cm³/mol. The van der Waals surface area contributed by atoms with E-state index in [-0.39, 0.29) is 60.0 Å². The van der Waals surface area contributed by atoms with Crippen LogP contribution in [0.5, 0.6) is 5.75 Å². The number of hydrogen-bond donors (Lipinski definition) is 3. The van der Waals surface area contributed by atoms with E-state index in [1.54, 1.807) is 72.7 Å². The highest BCUT2D eigenvalue weighted by Crippen LogP contribution is 2.32. The third-order valence-corrected chi connectivity index (χ3v) is 10.7. The molecule has 4 aliphatic heterocycles. The van der Waals surface area contributed by atoms with E-state index in [0.717, 1.165) is 23.1 Å². The van der Waals surface area contributed by atoms with E-state index in [9.17, 15) is 24.0 Å². The Labute approximate surface area is 324 Å². The van der Waals surface area contributed by atoms with Gasteiger partial charge in [0.05, 0.1) is 7.11 Å². The first-order valence-electron chi connectivity index (χ1n) is 19.4. The maximum atomic E-state index is 13.7. The molecule has 4 amide bonds. The molecule has 4 heterocycles. The smallest absolute Gasteiger partial charge is 0.329 e. The van der Waals surface area contributed by atoms with Crippen molar-refractivity contribution in [3.8, 4) is 5.75 Å². The number of nitrogens with one attached hydrogen (secondary N) is 3. The van der Waals surface area contributed by atoms with Gasteiger partial charge >= 0.3 is 5.97 Å². The van der Waals surface area contributed by atoms with Crippen molar-refractivity contribution in [2.45, 2.75) is 104 Å². The van der Waals surface area contributed by atoms with Gasteiger partial charge in [-0.1, -0.05) is 71.0 Å². The first-order valence-corrected chi connectivity index (χ1v) is 19.4. The van der Waals surface area contributed by atoms with Crippen LogP contribution < -0.4 is 20.7 Å². The molecule has 3 aromatic carbocycles. The quantitative estimate of drug-likeness (QED) is 0.279. The second-order valence-electron chi connectivity index (χ2n) is 16.2. The zero-order valence-corrected chi connectivity index (χ0v) is 33.0. The summed E-state index contributed by atoms with van der Waals surface area (Å²) in [4.78, 5) is 69.1. The molecular formula is C44H56N4O7. The summed E-state index contributed by atoms with van der Waals surface area (Å²) in [6.45, 7) is 11.1. The maximum absolute atomic E-state index is 13.7. The lowest BCUT2D eigenvalue weighted by atomic mass is 9.82. The number of fused-ring (bicyclic) bond motifs is 2. The number of methoxy groups -OCH3 is 1. The third kappa shape index (κ3) is 11.2. The van der Waals surface area contributed by atoms with Crippen LogP contribution in [0.1, 0.15) is 104 Å². The average Bonchev–Trinajstić information content (AvgIpc) is 3.67. The molecular weight excluding hydrogens is 697 g/mol. The lowest BCUT2D eigenvalue weighted by Gasteiger charge is -2.34. The molecule has 0 spiro atoms. The number of hydrogen-bond acceptors (Lipinski definition) is 7. The van der Waals surface area contributed by atoms with Crippen LogP contribution in [-0.4, -0.2) is 66.3 Å². The van der Waals surface area contributed by atoms with E-state index in [2.05, 4.69) is 43.6 Å². The van der Waals surface area contributed by atoms with Crippen LogP contribution in [0.2, 0.25) is 0 Å². The zero-order valence-electron chi connectivity index (χ0n) is 33.0. The highest BCUT2D eigenvalue weighted by Gasteiger charge is 2.39. The van der Waals surface area contributed by atoms with Crippen molar-refractivity contribution >= 4 is 29.6 Å². The van der Waals surface area contributed by atoms with Gasteiger partial charge in [0.1, 0.15) is 23.9 Å². The Morgan fingerprint density at radius 3 is 1.96 bits per heavy atom. The highest BCUT2D eigenvalue weighted by molar-refractivity contribution is 5.98. The molecule has 4 bridgehead atoms. The van der Waals surface area contributed by atoms with E-state index < -0.39 is 18.0 Å². The van der Waals surface area contributed by atoms with Crippen molar-refractivity contribution in [3.63, 3.8) is 0 Å². The Morgan fingerprint density at radius 1 is 0.764 bits per heavy atom. The van der Waals surface area contributed by atoms with Crippen molar-refractivity contribution in [1.29, 1.82) is 0 Å². The van der Waals surface area contributed by atoms with Gasteiger partial charge in [-0.05, 0) is 96.5 Å². The summed E-state index contributed by atoms with van der Waals surface area (Å²) < 4.78 is 11.5. The van der Waals surface area contributed by atoms with Crippen LogP contribution >= 0.6 is 0 Å². The first kappa shape index (κ1) is 41.0. The molecule has 7 rings (SSSR count). The average molecular weight is 753 g/mol. The van der Waals surface area contributed by atoms with Gasteiger partial charge in [-0.2, -0.15) is 0 Å². The minimum Gasteiger partial charge on any atom is -0.497 e. The molecule has 0 aliphatic carbocycles. The lowest BCUT2D eigenvalue weighted by molar-refractivity contribution is -0.160. The predicted octanol–water partition coefficient (Wildman–Crippen LogP) is 5.99. The number of ether oxygens (including phenoxy) is 2. The molecule has 3 unspecified atom stereocenters. The molecule has 0 aromatic heterocycles. The SMILES string of the molecule is COc1ccc(CC2NC(=O)c3ccc(cc3)CNC(=O)[C@H](C)CCC(C)C[C@@H](C(C)(C)C)OC(=O)C3CCCN3C(=O)c3ccc(cc3)CNC2=O)cc1. The first-order chi connectivity index (χ1) is 26.2. The van der Waals surface area contributed by atoms with E-state index in [4.69, 9.17) is 9.47 Å². The molecule has 1 fully saturated rings. The van der Waals surface area contributed by atoms with Gasteiger partial charge < -0.3 is 30.3 Å². The fourth-order valence-corrected chi connectivity index (χ4v) is 7.03. The Balaban J connectivity index is 1.38. The largest absolute Gasteiger partial charge is 0.497 e. The van der Waals surface area contributed by atoms with Crippen molar-refractivity contribution in [3.05, 3.63) is 101 Å². The Hall–Kier alpha value is -5.19. The number of carbonyl (C=O) groups is 5. The van der Waals surface area contributed by atoms with Gasteiger partial charge in [0.25, 0.3) is 11.8 Å². The summed E-state index contributed by atoms with van der Waals surface area (Å²) in [6, 6.07) is 19.7. The van der Waals surface area contributed by atoms with Crippen LogP contribution in [0.15, 0.2) is 72.8 Å². The molecule has 294 valence electrons. The summed E-state index contributed by atoms with van der Waals surface area (Å²) in [5.74, 6) is -0.815. The molecule has 5 atom stereocenters. The summed E-state index contributed by atoms with van der Waals surface area (Å²) in [5.41, 5.74) is 2.95. The molecule has 3 aromatic rings. The number of esters is 1. The van der Waals surface area contributed by atoms with Gasteiger partial charge in [0, 0.05) is 43.1 Å². The van der Waals surface area contributed by atoms with Crippen LogP contribution in [0.25, 0.3) is 0 Å². The second kappa shape index (κ2) is 18.4. The molecule has 55 heavy (non-hydrogen) atoms. The van der Waals surface area contributed by atoms with Gasteiger partial charge in [0.2, 0.25) is 11.8 Å². The van der Waals surface area contributed by atoms with Crippen molar-refractivity contribution in [2.75, 3.05) is 13.7 Å². The minimum atomic E-state index is -0.888. The second-order valence-corrected chi connectivity index (χ2v) is 16.2. The summed E-state index contributed by atoms with van der Waals surface area (Å²) in [5, 5.41) is 8.86. The molecule has 0 saturated carbocycles. The van der Waals surface area contributed by atoms with Crippen LogP contribution in [0, 0.1) is 17.3 Å². The molecule has 4 aliphatic rings. The van der Waals surface area contributed by atoms with Gasteiger partial charge in [-0.3, -0.25) is 19.2 Å². The van der Waals surface area contributed by atoms with Gasteiger partial charge in [-0.25, -0.2) is 4.79 Å². The molecule has 0 radical (unpaired) electrons. The van der Waals surface area contributed by atoms with Gasteiger partial charge in [-0.15, -0.1) is 0 Å². The van der Waals surface area contributed by atoms with Crippen LogP contribution in [0.4, 0.5) is 0 Å². The summed E-state index contributed by atoms with van der Waals surface area (Å²) in [6.07, 6.45) is 3.21. The standard InChI is InChI=1S/C44H56N4O7/c1-28-9-10-29(2)39(49)45-26-31-11-17-33(18-12-31)40(50)47-36(25-30-15-21-35(54-6)22-16-30)41(51)46-27-32-13-19-34(20-14-32)42(52)48-23-7-8-37(48)43(53)55-38(24-28)44(3,4)5/h11-22,28-29,36-38H,7-10,23-27H2,1-6H3,(H,45,49)(H,46,51)(H,47,50)/t28?,29-,36?,37?,38+/m1/s1. The van der Waals surface area contributed by atoms with Crippen LogP contribution in [0.3, 0.4) is 0 Å². The lowest BCUT2D eigenvalue weighted by Crippen LogP contribution is -2.47. The summed E-state index contributed by atoms with van der Waals surface area (Å²) >= 11 is 0. The van der Waals surface area contributed by atoms with Crippen molar-refractivity contribution in [2.24, 2.45) is 17.3 Å². The monoisotopic (exact) mass is 752 g/mol. The molecule has 1 saturated heterocycles. The van der Waals surface area contributed by atoms with Crippen LogP contribution in [-0.2, 0) is 38.6 Å². The number of rotatable bonds is 3. The molecule has 3 N–H and O–H groups in total. The van der Waals surface area contributed by atoms with E-state index in [0.29, 0.717) is 55.6 Å².